The number of fused-ring (bicyclic) bond motifs is 1. The first-order valence-corrected chi connectivity index (χ1v) is 9.40. The zero-order valence-electron chi connectivity index (χ0n) is 15.2. The second-order valence-corrected chi connectivity index (χ2v) is 8.58. The van der Waals surface area contributed by atoms with Gasteiger partial charge in [0.2, 0.25) is 0 Å². The summed E-state index contributed by atoms with van der Waals surface area (Å²) in [7, 11) is 0. The number of benzene rings is 1. The highest BCUT2D eigenvalue weighted by molar-refractivity contribution is 14.1. The van der Waals surface area contributed by atoms with Gasteiger partial charge < -0.3 is 15.0 Å². The first-order chi connectivity index (χ1) is 11.2. The lowest BCUT2D eigenvalue weighted by atomic mass is 9.99. The molecule has 0 saturated heterocycles. The van der Waals surface area contributed by atoms with Gasteiger partial charge in [-0.05, 0) is 86.9 Å². The van der Waals surface area contributed by atoms with Gasteiger partial charge in [-0.15, -0.1) is 0 Å². The maximum Gasteiger partial charge on any atom is 0.410 e. The molecular weight excluding hydrogens is 415 g/mol. The van der Waals surface area contributed by atoms with E-state index in [9.17, 15) is 4.79 Å². The summed E-state index contributed by atoms with van der Waals surface area (Å²) in [5, 5.41) is 3.47. The van der Waals surface area contributed by atoms with Crippen LogP contribution in [0, 0.1) is 3.57 Å². The summed E-state index contributed by atoms with van der Waals surface area (Å²) in [6.07, 6.45) is 2.82. The van der Waals surface area contributed by atoms with Crippen LogP contribution in [0.15, 0.2) is 23.8 Å². The number of amides is 1. The molecule has 1 amide bonds. The third kappa shape index (κ3) is 5.40. The Morgan fingerprint density at radius 2 is 2.04 bits per heavy atom. The Morgan fingerprint density at radius 3 is 2.67 bits per heavy atom. The number of hydrogen-bond acceptors (Lipinski definition) is 3. The number of ether oxygens (including phenoxy) is 1. The molecule has 5 heteroatoms. The van der Waals surface area contributed by atoms with Crippen LogP contribution in [0.3, 0.4) is 0 Å². The molecule has 0 spiro atoms. The Hall–Kier alpha value is -1.24. The minimum Gasteiger partial charge on any atom is -0.444 e. The molecule has 0 radical (unpaired) electrons. The number of hydrogen-bond donors (Lipinski definition) is 1. The number of anilines is 1. The molecule has 0 aromatic heterocycles. The van der Waals surface area contributed by atoms with Crippen molar-refractivity contribution in [3.8, 4) is 0 Å². The Balaban J connectivity index is 2.09. The Labute approximate surface area is 158 Å². The standard InChI is InChI=1S/C19H27IN2O2/c1-13(2)6-8-21-17-11-14-7-9-22(12-15(14)10-16(17)20)18(23)24-19(3,4)5/h6,10-11,21H,7-9,12H2,1-5H3. The largest absolute Gasteiger partial charge is 0.444 e. The third-order valence-corrected chi connectivity index (χ3v) is 4.65. The highest BCUT2D eigenvalue weighted by Gasteiger charge is 2.26. The lowest BCUT2D eigenvalue weighted by Crippen LogP contribution is -2.39. The lowest BCUT2D eigenvalue weighted by molar-refractivity contribution is 0.0224. The summed E-state index contributed by atoms with van der Waals surface area (Å²) in [4.78, 5) is 14.1. The van der Waals surface area contributed by atoms with Crippen LogP contribution in [0.4, 0.5) is 10.5 Å². The number of nitrogens with one attached hydrogen (secondary N) is 1. The van der Waals surface area contributed by atoms with Crippen molar-refractivity contribution in [1.29, 1.82) is 0 Å². The van der Waals surface area contributed by atoms with E-state index in [0.717, 1.165) is 18.7 Å². The van der Waals surface area contributed by atoms with Crippen LogP contribution >= 0.6 is 22.6 Å². The van der Waals surface area contributed by atoms with Crippen LogP contribution in [-0.2, 0) is 17.7 Å². The van der Waals surface area contributed by atoms with Crippen molar-refractivity contribution < 1.29 is 9.53 Å². The first-order valence-electron chi connectivity index (χ1n) is 8.32. The van der Waals surface area contributed by atoms with Crippen LogP contribution in [-0.4, -0.2) is 29.7 Å². The van der Waals surface area contributed by atoms with E-state index >= 15 is 0 Å². The molecule has 24 heavy (non-hydrogen) atoms. The van der Waals surface area contributed by atoms with Crippen LogP contribution in [0.25, 0.3) is 0 Å². The molecule has 0 unspecified atom stereocenters. The van der Waals surface area contributed by atoms with Crippen LogP contribution in [0.5, 0.6) is 0 Å². The number of nitrogens with zero attached hydrogens (tertiary/aromatic N) is 1. The molecule has 1 N–H and O–H groups in total. The van der Waals surface area contributed by atoms with Gasteiger partial charge in [0, 0.05) is 28.9 Å². The van der Waals surface area contributed by atoms with Gasteiger partial charge in [-0.2, -0.15) is 0 Å². The number of carbonyl (C=O) groups is 1. The quantitative estimate of drug-likeness (QED) is 0.532. The molecule has 1 aromatic carbocycles. The SMILES string of the molecule is CC(C)=CCNc1cc2c(cc1I)CN(C(=O)OC(C)(C)C)CC2. The summed E-state index contributed by atoms with van der Waals surface area (Å²) in [6, 6.07) is 4.40. The second kappa shape index (κ2) is 7.76. The molecule has 1 aromatic rings. The topological polar surface area (TPSA) is 41.6 Å². The minimum absolute atomic E-state index is 0.228. The van der Waals surface area contributed by atoms with E-state index in [-0.39, 0.29) is 6.09 Å². The van der Waals surface area contributed by atoms with Gasteiger partial charge in [0.1, 0.15) is 5.60 Å². The van der Waals surface area contributed by atoms with Crippen molar-refractivity contribution in [2.24, 2.45) is 0 Å². The molecule has 0 saturated carbocycles. The van der Waals surface area contributed by atoms with Gasteiger partial charge >= 0.3 is 6.09 Å². The van der Waals surface area contributed by atoms with Crippen molar-refractivity contribution in [3.05, 3.63) is 38.5 Å². The van der Waals surface area contributed by atoms with Gasteiger partial charge in [0.05, 0.1) is 0 Å². The van der Waals surface area contributed by atoms with Crippen molar-refractivity contribution >= 4 is 34.4 Å². The van der Waals surface area contributed by atoms with E-state index in [1.165, 1.54) is 20.3 Å². The van der Waals surface area contributed by atoms with Gasteiger partial charge in [-0.1, -0.05) is 11.6 Å². The molecule has 1 aliphatic heterocycles. The third-order valence-electron chi connectivity index (χ3n) is 3.76. The van der Waals surface area contributed by atoms with Crippen molar-refractivity contribution in [2.75, 3.05) is 18.4 Å². The normalized spacial score (nSPS) is 14.0. The summed E-state index contributed by atoms with van der Waals surface area (Å²) < 4.78 is 6.67. The monoisotopic (exact) mass is 442 g/mol. The summed E-state index contributed by atoms with van der Waals surface area (Å²) in [6.45, 7) is 12.1. The molecule has 0 atom stereocenters. The molecule has 0 bridgehead atoms. The Bertz CT molecular complexity index is 644. The van der Waals surface area contributed by atoms with Crippen molar-refractivity contribution in [2.45, 2.75) is 53.2 Å². The average molecular weight is 442 g/mol. The molecule has 2 rings (SSSR count). The smallest absolute Gasteiger partial charge is 0.410 e. The fourth-order valence-electron chi connectivity index (χ4n) is 2.56. The van der Waals surface area contributed by atoms with Crippen LogP contribution in [0.1, 0.15) is 45.7 Å². The minimum atomic E-state index is -0.454. The molecule has 0 fully saturated rings. The average Bonchev–Trinajstić information content (AvgIpc) is 2.45. The van der Waals surface area contributed by atoms with E-state index in [1.54, 1.807) is 4.90 Å². The Kier molecular flexibility index (Phi) is 6.17. The second-order valence-electron chi connectivity index (χ2n) is 7.42. The first kappa shape index (κ1) is 19.1. The fraction of sp³-hybridized carbons (Fsp3) is 0.526. The number of carbonyl (C=O) groups excluding carboxylic acids is 1. The fourth-order valence-corrected chi connectivity index (χ4v) is 3.28. The van der Waals surface area contributed by atoms with Crippen LogP contribution < -0.4 is 5.32 Å². The maximum atomic E-state index is 12.3. The number of allylic oxidation sites excluding steroid dienone is 1. The molecule has 1 aliphatic rings. The van der Waals surface area contributed by atoms with E-state index < -0.39 is 5.60 Å². The zero-order valence-corrected chi connectivity index (χ0v) is 17.4. The molecule has 0 aliphatic carbocycles. The van der Waals surface area contributed by atoms with Crippen molar-refractivity contribution in [3.63, 3.8) is 0 Å². The van der Waals surface area contributed by atoms with Crippen LogP contribution in [0.2, 0.25) is 0 Å². The van der Waals surface area contributed by atoms with Crippen molar-refractivity contribution in [1.82, 2.24) is 4.90 Å². The van der Waals surface area contributed by atoms with E-state index in [4.69, 9.17) is 4.74 Å². The predicted octanol–water partition coefficient (Wildman–Crippen LogP) is 4.96. The maximum absolute atomic E-state index is 12.3. The zero-order chi connectivity index (χ0) is 17.9. The summed E-state index contributed by atoms with van der Waals surface area (Å²) >= 11 is 2.35. The van der Waals surface area contributed by atoms with E-state index in [1.807, 2.05) is 20.8 Å². The molecule has 132 valence electrons. The lowest BCUT2D eigenvalue weighted by Gasteiger charge is -2.31. The van der Waals surface area contributed by atoms with E-state index in [2.05, 4.69) is 60.0 Å². The summed E-state index contributed by atoms with van der Waals surface area (Å²) in [5.41, 5.74) is 4.55. The van der Waals surface area contributed by atoms with E-state index in [0.29, 0.717) is 13.1 Å². The summed E-state index contributed by atoms with van der Waals surface area (Å²) in [5.74, 6) is 0. The highest BCUT2D eigenvalue weighted by Crippen LogP contribution is 2.28. The predicted molar refractivity (Wildman–Crippen MR) is 107 cm³/mol. The highest BCUT2D eigenvalue weighted by atomic mass is 127. The van der Waals surface area contributed by atoms with Gasteiger partial charge in [-0.3, -0.25) is 0 Å². The molecular formula is C19H27IN2O2. The van der Waals surface area contributed by atoms with Gasteiger partial charge in [-0.25, -0.2) is 4.79 Å². The van der Waals surface area contributed by atoms with Gasteiger partial charge in [0.25, 0.3) is 0 Å². The number of rotatable bonds is 3. The van der Waals surface area contributed by atoms with Gasteiger partial charge in [0.15, 0.2) is 0 Å². The molecule has 4 nitrogen and oxygen atoms in total. The number of halogens is 1. The Morgan fingerprint density at radius 1 is 1.33 bits per heavy atom. The molecule has 1 heterocycles.